The molecule has 0 spiro atoms. The quantitative estimate of drug-likeness (QED) is 0.443. The van der Waals surface area contributed by atoms with Crippen LogP contribution >= 0.6 is 15.9 Å². The second-order valence-corrected chi connectivity index (χ2v) is 9.63. The molecule has 2 N–H and O–H groups in total. The Balaban J connectivity index is 2.03. The predicted octanol–water partition coefficient (Wildman–Crippen LogP) is 2.16. The Morgan fingerprint density at radius 1 is 1.12 bits per heavy atom. The second-order valence-electron chi connectivity index (χ2n) is 8.78. The van der Waals surface area contributed by atoms with Crippen LogP contribution in [-0.2, 0) is 14.3 Å². The van der Waals surface area contributed by atoms with Gasteiger partial charge in [0.2, 0.25) is 11.8 Å². The number of hydrogen-bond acceptors (Lipinski definition) is 8. The van der Waals surface area contributed by atoms with Gasteiger partial charge in [-0.2, -0.15) is 5.01 Å². The molecule has 3 rings (SSSR count). The highest BCUT2D eigenvalue weighted by molar-refractivity contribution is 9.10. The van der Waals surface area contributed by atoms with Crippen LogP contribution in [0.4, 0.5) is 4.79 Å². The number of ether oxygens (including phenoxy) is 3. The van der Waals surface area contributed by atoms with E-state index in [1.165, 1.54) is 26.3 Å². The molecule has 2 aliphatic rings. The number of halogens is 1. The molecule has 1 fully saturated rings. The zero-order valence-electron chi connectivity index (χ0n) is 19.3. The van der Waals surface area contributed by atoms with Crippen molar-refractivity contribution >= 4 is 33.8 Å². The predicted molar refractivity (Wildman–Crippen MR) is 121 cm³/mol. The third-order valence-corrected chi connectivity index (χ3v) is 6.06. The van der Waals surface area contributed by atoms with Gasteiger partial charge in [0.25, 0.3) is 0 Å². The molecule has 10 nitrogen and oxygen atoms in total. The van der Waals surface area contributed by atoms with Gasteiger partial charge in [-0.05, 0) is 42.8 Å². The van der Waals surface area contributed by atoms with Gasteiger partial charge in [0.05, 0.1) is 30.7 Å². The lowest BCUT2D eigenvalue weighted by atomic mass is 9.90. The summed E-state index contributed by atoms with van der Waals surface area (Å²) in [5, 5.41) is 12.6. The first-order valence-corrected chi connectivity index (χ1v) is 11.1. The molecular formula is C22H28BrN3O7. The summed E-state index contributed by atoms with van der Waals surface area (Å²) in [6.07, 6.45) is 1.11. The number of rotatable bonds is 5. The summed E-state index contributed by atoms with van der Waals surface area (Å²) in [5.41, 5.74) is 2.17. The molecule has 33 heavy (non-hydrogen) atoms. The number of aliphatic hydroxyl groups is 1. The molecule has 11 heteroatoms. The molecular weight excluding hydrogens is 498 g/mol. The molecule has 1 aromatic carbocycles. The van der Waals surface area contributed by atoms with E-state index in [1.54, 1.807) is 45.1 Å². The first kappa shape index (κ1) is 25.0. The largest absolute Gasteiger partial charge is 0.496 e. The highest BCUT2D eigenvalue weighted by Crippen LogP contribution is 2.40. The van der Waals surface area contributed by atoms with Gasteiger partial charge in [0, 0.05) is 18.7 Å². The Morgan fingerprint density at radius 2 is 1.76 bits per heavy atom. The number of benzene rings is 1. The van der Waals surface area contributed by atoms with Gasteiger partial charge in [0.15, 0.2) is 0 Å². The van der Waals surface area contributed by atoms with Crippen molar-refractivity contribution < 1.29 is 33.7 Å². The average molecular weight is 526 g/mol. The standard InChI is InChI=1S/C22H28BrN3O7/c1-22(2,3)33-21(30)24-26-14(8-7-11-17(26)20(29)25(4)19(11)28)18(27)12-9-13(23)16(32-6)10-15(12)31-5/h7-11,14,17-18,27H,1-6H3,(H,24,30). The Bertz CT molecular complexity index is 991. The molecule has 0 aromatic heterocycles. The van der Waals surface area contributed by atoms with Crippen molar-refractivity contribution in [1.29, 1.82) is 0 Å². The fourth-order valence-corrected chi connectivity index (χ4v) is 4.44. The van der Waals surface area contributed by atoms with E-state index < -0.39 is 47.6 Å². The number of imide groups is 1. The SMILES string of the molecule is COc1cc(OC)c(C(O)C2C=CC3C(=O)N(C)C(=O)C3N2NC(=O)OC(C)(C)C)cc1Br. The van der Waals surface area contributed by atoms with Gasteiger partial charge in [0.1, 0.15) is 29.2 Å². The maximum absolute atomic E-state index is 12.9. The molecule has 0 aliphatic carbocycles. The van der Waals surface area contributed by atoms with Gasteiger partial charge in [-0.25, -0.2) is 4.79 Å². The number of hydrazine groups is 1. The van der Waals surface area contributed by atoms with E-state index in [1.807, 2.05) is 0 Å². The van der Waals surface area contributed by atoms with Crippen LogP contribution in [0.1, 0.15) is 32.4 Å². The number of carbonyl (C=O) groups is 3. The van der Waals surface area contributed by atoms with Crippen molar-refractivity contribution in [2.45, 2.75) is 44.6 Å². The topological polar surface area (TPSA) is 118 Å². The lowest BCUT2D eigenvalue weighted by Crippen LogP contribution is -2.61. The number of methoxy groups -OCH3 is 2. The van der Waals surface area contributed by atoms with Crippen LogP contribution in [0.2, 0.25) is 0 Å². The van der Waals surface area contributed by atoms with Gasteiger partial charge in [-0.15, -0.1) is 0 Å². The summed E-state index contributed by atoms with van der Waals surface area (Å²) in [7, 11) is 4.35. The summed E-state index contributed by atoms with van der Waals surface area (Å²) in [4.78, 5) is 39.1. The summed E-state index contributed by atoms with van der Waals surface area (Å²) in [5.74, 6) is -0.837. The van der Waals surface area contributed by atoms with Crippen LogP contribution < -0.4 is 14.9 Å². The smallest absolute Gasteiger partial charge is 0.422 e. The number of aliphatic hydroxyl groups excluding tert-OH is 1. The van der Waals surface area contributed by atoms with E-state index in [9.17, 15) is 19.5 Å². The molecule has 2 heterocycles. The van der Waals surface area contributed by atoms with E-state index in [-0.39, 0.29) is 0 Å². The maximum atomic E-state index is 12.9. The van der Waals surface area contributed by atoms with Gasteiger partial charge in [-0.3, -0.25) is 19.9 Å². The highest BCUT2D eigenvalue weighted by atomic mass is 79.9. The van der Waals surface area contributed by atoms with Crippen molar-refractivity contribution in [3.05, 3.63) is 34.3 Å². The number of nitrogens with zero attached hydrogens (tertiary/aromatic N) is 2. The zero-order valence-corrected chi connectivity index (χ0v) is 20.9. The molecule has 4 atom stereocenters. The van der Waals surface area contributed by atoms with Crippen LogP contribution in [0.15, 0.2) is 28.8 Å². The van der Waals surface area contributed by atoms with Crippen LogP contribution in [0.5, 0.6) is 11.5 Å². The monoisotopic (exact) mass is 525 g/mol. The average Bonchev–Trinajstić information content (AvgIpc) is 2.96. The zero-order chi connectivity index (χ0) is 24.7. The number of nitrogens with one attached hydrogen (secondary N) is 1. The lowest BCUT2D eigenvalue weighted by Gasteiger charge is -2.40. The molecule has 4 unspecified atom stereocenters. The van der Waals surface area contributed by atoms with E-state index in [2.05, 4.69) is 21.4 Å². The van der Waals surface area contributed by atoms with Crippen LogP contribution in [0.3, 0.4) is 0 Å². The summed E-state index contributed by atoms with van der Waals surface area (Å²) < 4.78 is 16.7. The molecule has 3 amide bonds. The van der Waals surface area contributed by atoms with Crippen molar-refractivity contribution in [2.75, 3.05) is 21.3 Å². The number of fused-ring (bicyclic) bond motifs is 1. The molecule has 1 saturated heterocycles. The van der Waals surface area contributed by atoms with Crippen molar-refractivity contribution in [1.82, 2.24) is 15.3 Å². The molecule has 0 saturated carbocycles. The van der Waals surface area contributed by atoms with E-state index in [0.717, 1.165) is 4.90 Å². The Morgan fingerprint density at radius 3 is 2.33 bits per heavy atom. The first-order valence-electron chi connectivity index (χ1n) is 10.3. The number of hydrogen-bond donors (Lipinski definition) is 2. The fourth-order valence-electron chi connectivity index (χ4n) is 3.92. The van der Waals surface area contributed by atoms with Crippen molar-refractivity contribution in [2.24, 2.45) is 5.92 Å². The molecule has 0 bridgehead atoms. The highest BCUT2D eigenvalue weighted by Gasteiger charge is 2.53. The van der Waals surface area contributed by atoms with Crippen molar-refractivity contribution in [3.8, 4) is 11.5 Å². The van der Waals surface area contributed by atoms with E-state index in [4.69, 9.17) is 14.2 Å². The third-order valence-electron chi connectivity index (χ3n) is 5.44. The number of likely N-dealkylation sites (tertiary alicyclic amines) is 1. The minimum atomic E-state index is -1.25. The Hall–Kier alpha value is -2.63. The minimum absolute atomic E-state index is 0.348. The summed E-state index contributed by atoms with van der Waals surface area (Å²) >= 11 is 3.40. The van der Waals surface area contributed by atoms with E-state index in [0.29, 0.717) is 21.5 Å². The summed E-state index contributed by atoms with van der Waals surface area (Å²) in [6.45, 7) is 5.11. The number of likely N-dealkylation sites (N-methyl/N-ethyl adjacent to an activating group) is 1. The Labute approximate surface area is 200 Å². The van der Waals surface area contributed by atoms with Gasteiger partial charge >= 0.3 is 6.09 Å². The molecule has 1 aromatic rings. The lowest BCUT2D eigenvalue weighted by molar-refractivity contribution is -0.139. The number of carbonyl (C=O) groups excluding carboxylic acids is 3. The number of amides is 3. The first-order chi connectivity index (χ1) is 15.4. The molecule has 2 aliphatic heterocycles. The maximum Gasteiger partial charge on any atom is 0.422 e. The summed E-state index contributed by atoms with van der Waals surface area (Å²) in [6, 6.07) is 1.31. The van der Waals surface area contributed by atoms with Crippen molar-refractivity contribution in [3.63, 3.8) is 0 Å². The van der Waals surface area contributed by atoms with Gasteiger partial charge in [-0.1, -0.05) is 12.2 Å². The fraction of sp³-hybridized carbons (Fsp3) is 0.500. The minimum Gasteiger partial charge on any atom is -0.496 e. The third kappa shape index (κ3) is 4.85. The second kappa shape index (κ2) is 9.32. The Kier molecular flexibility index (Phi) is 7.06. The van der Waals surface area contributed by atoms with Crippen LogP contribution in [0.25, 0.3) is 0 Å². The van der Waals surface area contributed by atoms with Crippen LogP contribution in [0, 0.1) is 5.92 Å². The normalized spacial score (nSPS) is 23.9. The van der Waals surface area contributed by atoms with Gasteiger partial charge < -0.3 is 19.3 Å². The molecule has 180 valence electrons. The van der Waals surface area contributed by atoms with E-state index >= 15 is 0 Å². The van der Waals surface area contributed by atoms with Crippen LogP contribution in [-0.4, -0.2) is 71.9 Å². The molecule has 0 radical (unpaired) electrons.